The normalized spacial score (nSPS) is 10.6. The van der Waals surface area contributed by atoms with Crippen molar-refractivity contribution < 1.29 is 4.74 Å². The largest absolute Gasteiger partial charge is 0.375 e. The van der Waals surface area contributed by atoms with Crippen LogP contribution in [0.15, 0.2) is 34.1 Å². The molecule has 2 rings (SSSR count). The first kappa shape index (κ1) is 11.6. The molecule has 0 fully saturated rings. The molecule has 1 heterocycles. The summed E-state index contributed by atoms with van der Waals surface area (Å²) in [5.41, 5.74) is 7.56. The van der Waals surface area contributed by atoms with Gasteiger partial charge in [0.2, 0.25) is 0 Å². The van der Waals surface area contributed by atoms with Gasteiger partial charge in [-0.3, -0.25) is 0 Å². The van der Waals surface area contributed by atoms with E-state index in [1.54, 1.807) is 0 Å². The molecule has 0 aliphatic rings. The van der Waals surface area contributed by atoms with Crippen LogP contribution in [0.5, 0.6) is 0 Å². The molecule has 5 heteroatoms. The predicted molar refractivity (Wildman–Crippen MR) is 69.2 cm³/mol. The van der Waals surface area contributed by atoms with Crippen LogP contribution in [0.1, 0.15) is 11.3 Å². The Balaban J connectivity index is 1.82. The Kier molecular flexibility index (Phi) is 3.93. The molecule has 0 atom stereocenters. The van der Waals surface area contributed by atoms with Gasteiger partial charge in [0.25, 0.3) is 0 Å². The van der Waals surface area contributed by atoms with Crippen LogP contribution in [0.4, 0.5) is 5.13 Å². The highest BCUT2D eigenvalue weighted by molar-refractivity contribution is 9.10. The molecule has 0 bridgehead atoms. The summed E-state index contributed by atoms with van der Waals surface area (Å²) in [5.74, 6) is 0. The molecule has 0 spiro atoms. The van der Waals surface area contributed by atoms with Crippen molar-refractivity contribution in [1.82, 2.24) is 4.98 Å². The number of thiazole rings is 1. The van der Waals surface area contributed by atoms with Crippen molar-refractivity contribution in [3.63, 3.8) is 0 Å². The fraction of sp³-hybridized carbons (Fsp3) is 0.182. The van der Waals surface area contributed by atoms with Crippen LogP contribution < -0.4 is 5.73 Å². The zero-order chi connectivity index (χ0) is 11.4. The number of nitrogens with two attached hydrogens (primary N) is 1. The van der Waals surface area contributed by atoms with Gasteiger partial charge in [-0.25, -0.2) is 4.98 Å². The number of nitrogens with zero attached hydrogens (tertiary/aromatic N) is 1. The monoisotopic (exact) mass is 298 g/mol. The lowest BCUT2D eigenvalue weighted by Crippen LogP contribution is -1.94. The molecule has 0 aliphatic carbocycles. The molecule has 1 aromatic heterocycles. The Morgan fingerprint density at radius 1 is 1.25 bits per heavy atom. The second kappa shape index (κ2) is 5.43. The number of anilines is 1. The van der Waals surface area contributed by atoms with Gasteiger partial charge < -0.3 is 10.5 Å². The van der Waals surface area contributed by atoms with E-state index in [-0.39, 0.29) is 0 Å². The topological polar surface area (TPSA) is 48.1 Å². The van der Waals surface area contributed by atoms with E-state index in [0.29, 0.717) is 18.3 Å². The highest BCUT2D eigenvalue weighted by Crippen LogP contribution is 2.14. The van der Waals surface area contributed by atoms with Crippen LogP contribution in [-0.4, -0.2) is 4.98 Å². The number of rotatable bonds is 4. The second-order valence-electron chi connectivity index (χ2n) is 3.30. The first-order valence-corrected chi connectivity index (χ1v) is 6.43. The van der Waals surface area contributed by atoms with Crippen LogP contribution in [0.3, 0.4) is 0 Å². The average molecular weight is 299 g/mol. The molecule has 0 saturated heterocycles. The lowest BCUT2D eigenvalue weighted by molar-refractivity contribution is 0.105. The molecule has 1 aromatic carbocycles. The van der Waals surface area contributed by atoms with E-state index in [9.17, 15) is 0 Å². The molecule has 2 N–H and O–H groups in total. The van der Waals surface area contributed by atoms with Crippen molar-refractivity contribution in [2.75, 3.05) is 5.73 Å². The zero-order valence-electron chi connectivity index (χ0n) is 8.52. The molecule has 16 heavy (non-hydrogen) atoms. The minimum Gasteiger partial charge on any atom is -0.375 e. The molecule has 0 saturated carbocycles. The summed E-state index contributed by atoms with van der Waals surface area (Å²) in [5, 5.41) is 2.50. The van der Waals surface area contributed by atoms with Crippen molar-refractivity contribution in [2.45, 2.75) is 13.2 Å². The summed E-state index contributed by atoms with van der Waals surface area (Å²) < 4.78 is 6.60. The minimum absolute atomic E-state index is 0.504. The van der Waals surface area contributed by atoms with Crippen LogP contribution in [0, 0.1) is 0 Å². The Hall–Kier alpha value is -0.910. The van der Waals surface area contributed by atoms with Gasteiger partial charge in [0.15, 0.2) is 5.13 Å². The van der Waals surface area contributed by atoms with Gasteiger partial charge in [0, 0.05) is 9.85 Å². The average Bonchev–Trinajstić information content (AvgIpc) is 2.67. The number of halogens is 1. The summed E-state index contributed by atoms with van der Waals surface area (Å²) in [7, 11) is 0. The second-order valence-corrected chi connectivity index (χ2v) is 5.10. The third-order valence-corrected chi connectivity index (χ3v) is 3.25. The molecule has 0 aliphatic heterocycles. The number of nitrogen functional groups attached to an aromatic ring is 1. The smallest absolute Gasteiger partial charge is 0.180 e. The maximum atomic E-state index is 5.53. The van der Waals surface area contributed by atoms with Crippen molar-refractivity contribution >= 4 is 32.4 Å². The van der Waals surface area contributed by atoms with Gasteiger partial charge in [0.1, 0.15) is 0 Å². The van der Waals surface area contributed by atoms with E-state index < -0.39 is 0 Å². The Bertz CT molecular complexity index is 455. The third-order valence-electron chi connectivity index (χ3n) is 2.00. The molecule has 3 nitrogen and oxygen atoms in total. The number of benzene rings is 1. The lowest BCUT2D eigenvalue weighted by Gasteiger charge is -2.02. The van der Waals surface area contributed by atoms with Gasteiger partial charge >= 0.3 is 0 Å². The molecular formula is C11H11BrN2OS. The molecule has 0 unspecified atom stereocenters. The van der Waals surface area contributed by atoms with Crippen molar-refractivity contribution in [3.05, 3.63) is 45.4 Å². The van der Waals surface area contributed by atoms with E-state index >= 15 is 0 Å². The minimum atomic E-state index is 0.504. The van der Waals surface area contributed by atoms with Gasteiger partial charge in [0.05, 0.1) is 18.9 Å². The molecular weight excluding hydrogens is 288 g/mol. The summed E-state index contributed by atoms with van der Waals surface area (Å²) in [6.07, 6.45) is 0. The maximum absolute atomic E-state index is 5.53. The Morgan fingerprint density at radius 3 is 2.62 bits per heavy atom. The summed E-state index contributed by atoms with van der Waals surface area (Å²) >= 11 is 4.82. The lowest BCUT2D eigenvalue weighted by atomic mass is 10.2. The Morgan fingerprint density at radius 2 is 2.00 bits per heavy atom. The summed E-state index contributed by atoms with van der Waals surface area (Å²) in [6.45, 7) is 1.09. The van der Waals surface area contributed by atoms with Gasteiger partial charge in [-0.2, -0.15) is 0 Å². The van der Waals surface area contributed by atoms with Crippen LogP contribution in [-0.2, 0) is 18.0 Å². The fourth-order valence-corrected chi connectivity index (χ4v) is 2.05. The standard InChI is InChI=1S/C11H11BrN2OS/c12-9-3-1-8(2-4-9)5-15-6-10-7-16-11(13)14-10/h1-4,7H,5-6H2,(H2,13,14). The number of ether oxygens (including phenoxy) is 1. The van der Waals surface area contributed by atoms with E-state index in [2.05, 4.69) is 20.9 Å². The quantitative estimate of drug-likeness (QED) is 0.943. The van der Waals surface area contributed by atoms with Crippen LogP contribution in [0.2, 0.25) is 0 Å². The van der Waals surface area contributed by atoms with E-state index in [4.69, 9.17) is 10.5 Å². The third kappa shape index (κ3) is 3.30. The maximum Gasteiger partial charge on any atom is 0.180 e. The highest BCUT2D eigenvalue weighted by Gasteiger charge is 1.99. The number of aromatic nitrogens is 1. The first-order chi connectivity index (χ1) is 7.74. The van der Waals surface area contributed by atoms with E-state index in [1.807, 2.05) is 29.6 Å². The molecule has 0 amide bonds. The predicted octanol–water partition coefficient (Wildman–Crippen LogP) is 3.20. The van der Waals surface area contributed by atoms with Gasteiger partial charge in [-0.1, -0.05) is 28.1 Å². The first-order valence-electron chi connectivity index (χ1n) is 4.76. The van der Waals surface area contributed by atoms with Gasteiger partial charge in [-0.15, -0.1) is 11.3 Å². The van der Waals surface area contributed by atoms with Crippen LogP contribution in [0.25, 0.3) is 0 Å². The van der Waals surface area contributed by atoms with Crippen molar-refractivity contribution in [1.29, 1.82) is 0 Å². The molecule has 84 valence electrons. The highest BCUT2D eigenvalue weighted by atomic mass is 79.9. The summed E-state index contributed by atoms with van der Waals surface area (Å²) in [6, 6.07) is 8.05. The van der Waals surface area contributed by atoms with E-state index in [0.717, 1.165) is 15.7 Å². The number of hydrogen-bond donors (Lipinski definition) is 1. The number of hydrogen-bond acceptors (Lipinski definition) is 4. The molecule has 0 radical (unpaired) electrons. The van der Waals surface area contributed by atoms with Crippen molar-refractivity contribution in [3.8, 4) is 0 Å². The zero-order valence-corrected chi connectivity index (χ0v) is 10.9. The SMILES string of the molecule is Nc1nc(COCc2ccc(Br)cc2)cs1. The van der Waals surface area contributed by atoms with Crippen molar-refractivity contribution in [2.24, 2.45) is 0 Å². The Labute approximate surface area is 106 Å². The molecule has 2 aromatic rings. The fourth-order valence-electron chi connectivity index (χ4n) is 1.24. The van der Waals surface area contributed by atoms with E-state index in [1.165, 1.54) is 11.3 Å². The van der Waals surface area contributed by atoms with Gasteiger partial charge in [-0.05, 0) is 17.7 Å². The summed E-state index contributed by atoms with van der Waals surface area (Å²) in [4.78, 5) is 4.12. The van der Waals surface area contributed by atoms with Crippen LogP contribution >= 0.6 is 27.3 Å².